The molecule has 0 saturated carbocycles. The first-order valence-electron chi connectivity index (χ1n) is 8.29. The zero-order chi connectivity index (χ0) is 21.6. The fourth-order valence-corrected chi connectivity index (χ4v) is 2.86. The predicted molar refractivity (Wildman–Crippen MR) is 108 cm³/mol. The standard InChI is InChI=1S/C17H19Cl2FN4O4S/c1-29(27,28)23-9-14-21-7-12(8-22-14)10-2-4-11(5-3-10)15(25)13(6-20)24-17(26)16(18)19/h2-5,7-8,13,15-16,23,25H,6,9H2,1H3,(H,24,26). The van der Waals surface area contributed by atoms with E-state index in [1.165, 1.54) is 12.4 Å². The number of carbonyl (C=O) groups excluding carboxylic acids is 1. The highest BCUT2D eigenvalue weighted by Crippen LogP contribution is 2.23. The molecule has 0 aliphatic rings. The maximum absolute atomic E-state index is 13.2. The number of sulfonamides is 1. The highest BCUT2D eigenvalue weighted by Gasteiger charge is 2.25. The lowest BCUT2D eigenvalue weighted by molar-refractivity contribution is -0.121. The van der Waals surface area contributed by atoms with Gasteiger partial charge >= 0.3 is 0 Å². The monoisotopic (exact) mass is 464 g/mol. The Morgan fingerprint density at radius 3 is 2.24 bits per heavy atom. The number of aliphatic hydroxyl groups excluding tert-OH is 1. The van der Waals surface area contributed by atoms with Gasteiger partial charge in [-0.3, -0.25) is 4.79 Å². The second kappa shape index (κ2) is 10.3. The quantitative estimate of drug-likeness (QED) is 0.483. The lowest BCUT2D eigenvalue weighted by atomic mass is 10.00. The first-order valence-corrected chi connectivity index (χ1v) is 11.1. The van der Waals surface area contributed by atoms with Gasteiger partial charge in [0.1, 0.15) is 18.6 Å². The third-order valence-electron chi connectivity index (χ3n) is 3.86. The molecule has 0 radical (unpaired) electrons. The van der Waals surface area contributed by atoms with Gasteiger partial charge in [0.2, 0.25) is 10.0 Å². The third-order valence-corrected chi connectivity index (χ3v) is 4.92. The Labute approximate surface area is 177 Å². The van der Waals surface area contributed by atoms with Crippen molar-refractivity contribution in [2.24, 2.45) is 0 Å². The van der Waals surface area contributed by atoms with Crippen LogP contribution >= 0.6 is 23.2 Å². The number of hydrogen-bond donors (Lipinski definition) is 3. The zero-order valence-corrected chi connectivity index (χ0v) is 17.5. The molecule has 12 heteroatoms. The van der Waals surface area contributed by atoms with Crippen LogP contribution in [0, 0.1) is 0 Å². The maximum Gasteiger partial charge on any atom is 0.253 e. The van der Waals surface area contributed by atoms with Crippen LogP contribution in [0.5, 0.6) is 0 Å². The summed E-state index contributed by atoms with van der Waals surface area (Å²) in [5.41, 5.74) is 1.77. The Morgan fingerprint density at radius 1 is 1.17 bits per heavy atom. The summed E-state index contributed by atoms with van der Waals surface area (Å²) in [6.45, 7) is -1.03. The van der Waals surface area contributed by atoms with Crippen molar-refractivity contribution in [3.63, 3.8) is 0 Å². The largest absolute Gasteiger partial charge is 0.386 e. The Balaban J connectivity index is 2.08. The van der Waals surface area contributed by atoms with Gasteiger partial charge in [0.25, 0.3) is 5.91 Å². The molecule has 0 aliphatic heterocycles. The van der Waals surface area contributed by atoms with E-state index in [0.717, 1.165) is 11.8 Å². The van der Waals surface area contributed by atoms with Gasteiger partial charge in [-0.2, -0.15) is 0 Å². The van der Waals surface area contributed by atoms with Crippen LogP contribution in [0.3, 0.4) is 0 Å². The molecule has 0 bridgehead atoms. The molecular weight excluding hydrogens is 446 g/mol. The molecule has 3 N–H and O–H groups in total. The van der Waals surface area contributed by atoms with Gasteiger partial charge in [-0.25, -0.2) is 27.5 Å². The minimum Gasteiger partial charge on any atom is -0.386 e. The van der Waals surface area contributed by atoms with Crippen LogP contribution in [0.4, 0.5) is 4.39 Å². The van der Waals surface area contributed by atoms with E-state index in [0.29, 0.717) is 17.0 Å². The van der Waals surface area contributed by atoms with Crippen molar-refractivity contribution in [3.8, 4) is 11.1 Å². The van der Waals surface area contributed by atoms with Gasteiger partial charge in [0.05, 0.1) is 18.8 Å². The average Bonchev–Trinajstić information content (AvgIpc) is 2.69. The number of halogens is 3. The first kappa shape index (κ1) is 23.4. The summed E-state index contributed by atoms with van der Waals surface area (Å²) in [6, 6.07) is 5.31. The molecule has 158 valence electrons. The molecule has 0 spiro atoms. The molecule has 0 aliphatic carbocycles. The molecule has 2 unspecified atom stereocenters. The van der Waals surface area contributed by atoms with E-state index >= 15 is 0 Å². The Bertz CT molecular complexity index is 927. The summed E-state index contributed by atoms with van der Waals surface area (Å²) in [4.78, 5) is 18.3. The van der Waals surface area contributed by atoms with Crippen LogP contribution in [0.2, 0.25) is 0 Å². The van der Waals surface area contributed by atoms with Gasteiger partial charge in [0, 0.05) is 18.0 Å². The van der Waals surface area contributed by atoms with E-state index in [1.807, 2.05) is 0 Å². The van der Waals surface area contributed by atoms with Crippen molar-refractivity contribution in [1.82, 2.24) is 20.0 Å². The summed E-state index contributed by atoms with van der Waals surface area (Å²) in [5, 5.41) is 12.6. The summed E-state index contributed by atoms with van der Waals surface area (Å²) >= 11 is 10.9. The highest BCUT2D eigenvalue weighted by molar-refractivity contribution is 7.88. The first-order chi connectivity index (χ1) is 13.6. The minimum atomic E-state index is -3.34. The number of aromatic nitrogens is 2. The van der Waals surface area contributed by atoms with Crippen LogP contribution in [0.15, 0.2) is 36.7 Å². The van der Waals surface area contributed by atoms with Crippen molar-refractivity contribution >= 4 is 39.1 Å². The molecule has 29 heavy (non-hydrogen) atoms. The van der Waals surface area contributed by atoms with E-state index < -0.39 is 39.6 Å². The molecule has 8 nitrogen and oxygen atoms in total. The SMILES string of the molecule is CS(=O)(=O)NCc1ncc(-c2ccc(C(O)C(CF)NC(=O)C(Cl)Cl)cc2)cn1. The number of amides is 1. The third kappa shape index (κ3) is 7.16. The molecule has 2 aromatic rings. The second-order valence-electron chi connectivity index (χ2n) is 6.12. The van der Waals surface area contributed by atoms with Crippen LogP contribution in [0.25, 0.3) is 11.1 Å². The molecular formula is C17H19Cl2FN4O4S. The Morgan fingerprint density at radius 2 is 1.76 bits per heavy atom. The number of nitrogens with one attached hydrogen (secondary N) is 2. The van der Waals surface area contributed by atoms with E-state index in [1.54, 1.807) is 24.3 Å². The van der Waals surface area contributed by atoms with Gasteiger partial charge in [-0.05, 0) is 11.1 Å². The van der Waals surface area contributed by atoms with Gasteiger partial charge in [-0.15, -0.1) is 0 Å². The number of rotatable bonds is 9. The van der Waals surface area contributed by atoms with Crippen molar-refractivity contribution < 1.29 is 22.7 Å². The Hall–Kier alpha value is -1.85. The number of benzene rings is 1. The number of carbonyl (C=O) groups is 1. The fourth-order valence-electron chi connectivity index (χ4n) is 2.34. The summed E-state index contributed by atoms with van der Waals surface area (Å²) in [6.07, 6.45) is 2.80. The molecule has 1 aromatic heterocycles. The van der Waals surface area contributed by atoms with Crippen molar-refractivity contribution in [3.05, 3.63) is 48.0 Å². The lowest BCUT2D eigenvalue weighted by Gasteiger charge is -2.22. The summed E-state index contributed by atoms with van der Waals surface area (Å²) < 4.78 is 37.7. The van der Waals surface area contributed by atoms with E-state index in [2.05, 4.69) is 20.0 Å². The van der Waals surface area contributed by atoms with Crippen LogP contribution < -0.4 is 10.0 Å². The van der Waals surface area contributed by atoms with Crippen LogP contribution in [-0.2, 0) is 21.4 Å². The second-order valence-corrected chi connectivity index (χ2v) is 9.05. The van der Waals surface area contributed by atoms with Crippen LogP contribution in [-0.4, -0.2) is 53.2 Å². The molecule has 1 aromatic carbocycles. The molecule has 1 heterocycles. The van der Waals surface area contributed by atoms with Crippen molar-refractivity contribution in [1.29, 1.82) is 0 Å². The lowest BCUT2D eigenvalue weighted by Crippen LogP contribution is -2.43. The predicted octanol–water partition coefficient (Wildman–Crippen LogP) is 1.48. The van der Waals surface area contributed by atoms with Gasteiger partial charge in [0.15, 0.2) is 4.84 Å². The molecule has 0 fully saturated rings. The number of nitrogens with zero attached hydrogens (tertiary/aromatic N) is 2. The van der Waals surface area contributed by atoms with E-state index in [-0.39, 0.29) is 6.54 Å². The molecule has 1 amide bonds. The number of aliphatic hydroxyl groups is 1. The molecule has 2 atom stereocenters. The topological polar surface area (TPSA) is 121 Å². The van der Waals surface area contributed by atoms with E-state index in [9.17, 15) is 22.7 Å². The highest BCUT2D eigenvalue weighted by atomic mass is 35.5. The van der Waals surface area contributed by atoms with Gasteiger partial charge in [-0.1, -0.05) is 47.5 Å². The normalized spacial score (nSPS) is 13.9. The smallest absolute Gasteiger partial charge is 0.253 e. The average molecular weight is 465 g/mol. The number of alkyl halides is 3. The van der Waals surface area contributed by atoms with Gasteiger partial charge < -0.3 is 10.4 Å². The maximum atomic E-state index is 13.2. The fraction of sp³-hybridized carbons (Fsp3) is 0.353. The number of hydrogen-bond acceptors (Lipinski definition) is 6. The van der Waals surface area contributed by atoms with E-state index in [4.69, 9.17) is 23.2 Å². The summed E-state index contributed by atoms with van der Waals surface area (Å²) in [7, 11) is -3.34. The van der Waals surface area contributed by atoms with Crippen molar-refractivity contribution in [2.75, 3.05) is 12.9 Å². The van der Waals surface area contributed by atoms with Crippen molar-refractivity contribution in [2.45, 2.75) is 23.5 Å². The van der Waals surface area contributed by atoms with Crippen LogP contribution in [0.1, 0.15) is 17.5 Å². The minimum absolute atomic E-state index is 0.0218. The zero-order valence-electron chi connectivity index (χ0n) is 15.2. The summed E-state index contributed by atoms with van der Waals surface area (Å²) in [5.74, 6) is -0.487. The molecule has 2 rings (SSSR count). The molecule has 0 saturated heterocycles. The Kier molecular flexibility index (Phi) is 8.29.